The number of benzene rings is 2. The second-order valence-electron chi connectivity index (χ2n) is 7.65. The number of imidazole rings is 1. The summed E-state index contributed by atoms with van der Waals surface area (Å²) in [5.41, 5.74) is 0.928. The molecule has 35 heavy (non-hydrogen) atoms. The SMILES string of the molecule is Cc1nc(Oc2ccc(NC(=O)Nc3ccccc3C(F)(F)F)cc2)cc(-n2cnc(C)c2C)n1. The average Bonchev–Trinajstić information content (AvgIpc) is 3.12. The number of hydrogen-bond donors (Lipinski definition) is 2. The molecule has 180 valence electrons. The minimum atomic E-state index is -4.59. The molecule has 2 N–H and O–H groups in total. The summed E-state index contributed by atoms with van der Waals surface area (Å²) in [6.45, 7) is 5.59. The van der Waals surface area contributed by atoms with Gasteiger partial charge in [-0.1, -0.05) is 12.1 Å². The van der Waals surface area contributed by atoms with Crippen LogP contribution in [0.25, 0.3) is 5.82 Å². The number of anilines is 2. The van der Waals surface area contributed by atoms with Crippen LogP contribution < -0.4 is 15.4 Å². The molecule has 2 aromatic heterocycles. The van der Waals surface area contributed by atoms with E-state index in [1.165, 1.54) is 18.2 Å². The standard InChI is InChI=1S/C24H21F3N6O2/c1-14-15(2)33(13-28-14)21-12-22(30-16(3)29-21)35-18-10-8-17(9-11-18)31-23(34)32-20-7-5-4-6-19(20)24(25,26)27/h4-13H,1-3H3,(H2,31,32,34). The highest BCUT2D eigenvalue weighted by Crippen LogP contribution is 2.34. The summed E-state index contributed by atoms with van der Waals surface area (Å²) in [5.74, 6) is 1.89. The van der Waals surface area contributed by atoms with Gasteiger partial charge in [-0.2, -0.15) is 18.2 Å². The second-order valence-corrected chi connectivity index (χ2v) is 7.65. The number of nitrogens with one attached hydrogen (secondary N) is 2. The van der Waals surface area contributed by atoms with Crippen LogP contribution in [0.1, 0.15) is 22.8 Å². The molecule has 0 aliphatic heterocycles. The predicted octanol–water partition coefficient (Wildman–Crippen LogP) is 6.04. The van der Waals surface area contributed by atoms with Gasteiger partial charge in [0.1, 0.15) is 23.7 Å². The number of aryl methyl sites for hydroxylation is 2. The van der Waals surface area contributed by atoms with Crippen molar-refractivity contribution in [3.63, 3.8) is 0 Å². The summed E-state index contributed by atoms with van der Waals surface area (Å²) in [4.78, 5) is 25.2. The number of hydrogen-bond acceptors (Lipinski definition) is 5. The van der Waals surface area contributed by atoms with Crippen LogP contribution in [0.3, 0.4) is 0 Å². The van der Waals surface area contributed by atoms with Crippen molar-refractivity contribution in [2.45, 2.75) is 26.9 Å². The van der Waals surface area contributed by atoms with Crippen molar-refractivity contribution < 1.29 is 22.7 Å². The Hall–Kier alpha value is -4.41. The number of aromatic nitrogens is 4. The Bertz CT molecular complexity index is 1370. The van der Waals surface area contributed by atoms with Crippen molar-refractivity contribution >= 4 is 17.4 Å². The summed E-state index contributed by atoms with van der Waals surface area (Å²) in [6.07, 6.45) is -2.91. The molecule has 0 saturated carbocycles. The van der Waals surface area contributed by atoms with Crippen LogP contribution in [-0.4, -0.2) is 25.6 Å². The van der Waals surface area contributed by atoms with Gasteiger partial charge in [-0.15, -0.1) is 0 Å². The smallest absolute Gasteiger partial charge is 0.418 e. The predicted molar refractivity (Wildman–Crippen MR) is 124 cm³/mol. The lowest BCUT2D eigenvalue weighted by Crippen LogP contribution is -2.21. The number of alkyl halides is 3. The van der Waals surface area contributed by atoms with Gasteiger partial charge in [0.25, 0.3) is 0 Å². The fraction of sp³-hybridized carbons (Fsp3) is 0.167. The molecular weight excluding hydrogens is 461 g/mol. The van der Waals surface area contributed by atoms with Gasteiger partial charge in [0.05, 0.1) is 16.9 Å². The van der Waals surface area contributed by atoms with Gasteiger partial charge < -0.3 is 15.4 Å². The number of rotatable bonds is 5. The van der Waals surface area contributed by atoms with Gasteiger partial charge in [0, 0.05) is 17.4 Å². The number of carbonyl (C=O) groups is 1. The molecule has 0 spiro atoms. The number of ether oxygens (including phenoxy) is 1. The number of carbonyl (C=O) groups excluding carboxylic acids is 1. The Morgan fingerprint density at radius 3 is 2.34 bits per heavy atom. The number of urea groups is 1. The Kier molecular flexibility index (Phi) is 6.41. The minimum absolute atomic E-state index is 0.320. The summed E-state index contributed by atoms with van der Waals surface area (Å²) in [5, 5.41) is 4.73. The highest BCUT2D eigenvalue weighted by molar-refractivity contribution is 6.00. The van der Waals surface area contributed by atoms with E-state index >= 15 is 0 Å². The highest BCUT2D eigenvalue weighted by atomic mass is 19.4. The first-order chi connectivity index (χ1) is 16.6. The van der Waals surface area contributed by atoms with E-state index in [4.69, 9.17) is 4.74 Å². The fourth-order valence-electron chi connectivity index (χ4n) is 3.28. The molecule has 0 bridgehead atoms. The molecule has 2 aromatic carbocycles. The maximum atomic E-state index is 13.1. The monoisotopic (exact) mass is 482 g/mol. The maximum absolute atomic E-state index is 13.1. The molecule has 4 rings (SSSR count). The Labute approximate surface area is 198 Å². The third-order valence-corrected chi connectivity index (χ3v) is 5.11. The first-order valence-electron chi connectivity index (χ1n) is 10.5. The van der Waals surface area contributed by atoms with Crippen LogP contribution in [-0.2, 0) is 6.18 Å². The third-order valence-electron chi connectivity index (χ3n) is 5.11. The van der Waals surface area contributed by atoms with Gasteiger partial charge in [0.2, 0.25) is 5.88 Å². The number of halogens is 3. The van der Waals surface area contributed by atoms with E-state index < -0.39 is 17.8 Å². The molecule has 0 fully saturated rings. The van der Waals surface area contributed by atoms with E-state index in [0.717, 1.165) is 17.5 Å². The lowest BCUT2D eigenvalue weighted by atomic mass is 10.1. The highest BCUT2D eigenvalue weighted by Gasteiger charge is 2.33. The maximum Gasteiger partial charge on any atom is 0.418 e. The van der Waals surface area contributed by atoms with E-state index in [0.29, 0.717) is 29.0 Å². The van der Waals surface area contributed by atoms with Gasteiger partial charge in [0.15, 0.2) is 0 Å². The molecule has 11 heteroatoms. The molecule has 8 nitrogen and oxygen atoms in total. The minimum Gasteiger partial charge on any atom is -0.439 e. The van der Waals surface area contributed by atoms with Crippen LogP contribution >= 0.6 is 0 Å². The molecule has 0 aliphatic rings. The summed E-state index contributed by atoms with van der Waals surface area (Å²) in [6, 6.07) is 11.9. The van der Waals surface area contributed by atoms with Crippen molar-refractivity contribution in [3.05, 3.63) is 83.7 Å². The molecule has 2 heterocycles. The van der Waals surface area contributed by atoms with E-state index in [2.05, 4.69) is 25.6 Å². The van der Waals surface area contributed by atoms with Gasteiger partial charge >= 0.3 is 12.2 Å². The van der Waals surface area contributed by atoms with E-state index in [1.807, 2.05) is 18.4 Å². The van der Waals surface area contributed by atoms with Gasteiger partial charge in [-0.25, -0.2) is 14.8 Å². The lowest BCUT2D eigenvalue weighted by Gasteiger charge is -2.14. The van der Waals surface area contributed by atoms with E-state index in [9.17, 15) is 18.0 Å². The van der Waals surface area contributed by atoms with Crippen LogP contribution in [0.15, 0.2) is 60.9 Å². The van der Waals surface area contributed by atoms with Crippen LogP contribution in [0, 0.1) is 20.8 Å². The zero-order chi connectivity index (χ0) is 25.2. The molecule has 4 aromatic rings. The van der Waals surface area contributed by atoms with Crippen LogP contribution in [0.4, 0.5) is 29.3 Å². The summed E-state index contributed by atoms with van der Waals surface area (Å²) in [7, 11) is 0. The zero-order valence-corrected chi connectivity index (χ0v) is 19.0. The molecular formula is C24H21F3N6O2. The van der Waals surface area contributed by atoms with Crippen molar-refractivity contribution in [3.8, 4) is 17.4 Å². The van der Waals surface area contributed by atoms with E-state index in [-0.39, 0.29) is 5.69 Å². The topological polar surface area (TPSA) is 94.0 Å². The number of amides is 2. The van der Waals surface area contributed by atoms with Crippen LogP contribution in [0.5, 0.6) is 11.6 Å². The first-order valence-corrected chi connectivity index (χ1v) is 10.5. The first kappa shape index (κ1) is 23.7. The Morgan fingerprint density at radius 1 is 0.971 bits per heavy atom. The summed E-state index contributed by atoms with van der Waals surface area (Å²) >= 11 is 0. The lowest BCUT2D eigenvalue weighted by molar-refractivity contribution is -0.136. The second kappa shape index (κ2) is 9.45. The summed E-state index contributed by atoms with van der Waals surface area (Å²) < 4.78 is 47.0. The molecule has 0 unspecified atom stereocenters. The third kappa shape index (κ3) is 5.57. The quantitative estimate of drug-likeness (QED) is 0.362. The number of nitrogens with zero attached hydrogens (tertiary/aromatic N) is 4. The fourth-order valence-corrected chi connectivity index (χ4v) is 3.28. The van der Waals surface area contributed by atoms with Crippen LogP contribution in [0.2, 0.25) is 0 Å². The Morgan fingerprint density at radius 2 is 1.69 bits per heavy atom. The zero-order valence-electron chi connectivity index (χ0n) is 19.0. The number of para-hydroxylation sites is 1. The van der Waals surface area contributed by atoms with Gasteiger partial charge in [-0.3, -0.25) is 4.57 Å². The molecule has 0 atom stereocenters. The normalized spacial score (nSPS) is 11.3. The van der Waals surface area contributed by atoms with Crippen molar-refractivity contribution in [2.75, 3.05) is 10.6 Å². The van der Waals surface area contributed by atoms with Crippen molar-refractivity contribution in [1.82, 2.24) is 19.5 Å². The average molecular weight is 482 g/mol. The molecule has 0 saturated heterocycles. The molecule has 0 aliphatic carbocycles. The van der Waals surface area contributed by atoms with Crippen molar-refractivity contribution in [2.24, 2.45) is 0 Å². The molecule has 0 radical (unpaired) electrons. The van der Waals surface area contributed by atoms with Crippen molar-refractivity contribution in [1.29, 1.82) is 0 Å². The molecule has 2 amide bonds. The Balaban J connectivity index is 1.44. The van der Waals surface area contributed by atoms with Gasteiger partial charge in [-0.05, 0) is 57.2 Å². The largest absolute Gasteiger partial charge is 0.439 e. The van der Waals surface area contributed by atoms with E-state index in [1.54, 1.807) is 43.6 Å².